The summed E-state index contributed by atoms with van der Waals surface area (Å²) in [5, 5.41) is 4.23. The van der Waals surface area contributed by atoms with Crippen molar-refractivity contribution in [3.05, 3.63) is 12.4 Å². The lowest BCUT2D eigenvalue weighted by Crippen LogP contribution is -2.41. The molecule has 3 rings (SSSR count). The molecule has 1 unspecified atom stereocenters. The van der Waals surface area contributed by atoms with Crippen LogP contribution in [0.1, 0.15) is 34.1 Å². The van der Waals surface area contributed by atoms with Gasteiger partial charge in [-0.3, -0.25) is 4.68 Å². The third-order valence-electron chi connectivity index (χ3n) is 4.68. The Balaban J connectivity index is 1.71. The Labute approximate surface area is 124 Å². The van der Waals surface area contributed by atoms with Gasteiger partial charge in [0.1, 0.15) is 0 Å². The Morgan fingerprint density at radius 1 is 1.29 bits per heavy atom. The first kappa shape index (κ1) is 15.0. The molecule has 1 aromatic heterocycles. The van der Waals surface area contributed by atoms with Gasteiger partial charge in [0.15, 0.2) is 5.67 Å². The average Bonchev–Trinajstić information content (AvgIpc) is 3.01. The van der Waals surface area contributed by atoms with Gasteiger partial charge in [0.05, 0.1) is 24.4 Å². The molecule has 0 bridgehead atoms. The lowest BCUT2D eigenvalue weighted by Gasteiger charge is -2.32. The van der Waals surface area contributed by atoms with E-state index in [1.54, 1.807) is 17.1 Å². The fourth-order valence-corrected chi connectivity index (χ4v) is 2.56. The molecule has 2 saturated heterocycles. The first-order valence-electron chi connectivity index (χ1n) is 7.36. The largest absolute Gasteiger partial charge is 0.498 e. The summed E-state index contributed by atoms with van der Waals surface area (Å²) in [5.74, 6) is 0. The van der Waals surface area contributed by atoms with Gasteiger partial charge >= 0.3 is 7.12 Å². The summed E-state index contributed by atoms with van der Waals surface area (Å²) in [6.07, 6.45) is 3.89. The average molecular weight is 296 g/mol. The highest BCUT2D eigenvalue weighted by atomic mass is 19.1. The van der Waals surface area contributed by atoms with Crippen LogP contribution in [0.5, 0.6) is 0 Å². The second-order valence-corrected chi connectivity index (χ2v) is 7.01. The van der Waals surface area contributed by atoms with Gasteiger partial charge in [0, 0.05) is 30.9 Å². The van der Waals surface area contributed by atoms with Crippen LogP contribution in [0.4, 0.5) is 4.39 Å². The molecule has 0 saturated carbocycles. The highest BCUT2D eigenvalue weighted by molar-refractivity contribution is 6.61. The van der Waals surface area contributed by atoms with Crippen LogP contribution in [0, 0.1) is 0 Å². The predicted molar refractivity (Wildman–Crippen MR) is 77.2 cm³/mol. The van der Waals surface area contributed by atoms with E-state index in [-0.39, 0.29) is 24.4 Å². The second-order valence-electron chi connectivity index (χ2n) is 7.01. The molecule has 0 spiro atoms. The normalized spacial score (nSPS) is 31.0. The second kappa shape index (κ2) is 4.79. The molecule has 2 fully saturated rings. The molecular weight excluding hydrogens is 274 g/mol. The summed E-state index contributed by atoms with van der Waals surface area (Å²) >= 11 is 0. The minimum absolute atomic E-state index is 0.138. The lowest BCUT2D eigenvalue weighted by molar-refractivity contribution is 0.00578. The van der Waals surface area contributed by atoms with Crippen molar-refractivity contribution in [2.24, 2.45) is 0 Å². The van der Waals surface area contributed by atoms with Crippen molar-refractivity contribution in [2.45, 2.75) is 57.5 Å². The standard InChI is InChI=1S/C14H22BFN2O3/c1-12(2)13(3,4)21-15(20-12)11-7-17-18(8-11)9-14(16)5-6-19-10-14/h7-8H,5-6,9-10H2,1-4H3. The molecular formula is C14H22BFN2O3. The Kier molecular flexibility index (Phi) is 3.42. The number of ether oxygens (including phenoxy) is 1. The van der Waals surface area contributed by atoms with Crippen molar-refractivity contribution >= 4 is 12.6 Å². The Morgan fingerprint density at radius 3 is 2.52 bits per heavy atom. The van der Waals surface area contributed by atoms with Gasteiger partial charge in [0.25, 0.3) is 0 Å². The van der Waals surface area contributed by atoms with Gasteiger partial charge in [-0.05, 0) is 27.7 Å². The van der Waals surface area contributed by atoms with E-state index in [2.05, 4.69) is 5.10 Å². The molecule has 0 N–H and O–H groups in total. The minimum Gasteiger partial charge on any atom is -0.399 e. The number of hydrogen-bond acceptors (Lipinski definition) is 4. The summed E-state index contributed by atoms with van der Waals surface area (Å²) in [7, 11) is -0.459. The summed E-state index contributed by atoms with van der Waals surface area (Å²) in [6.45, 7) is 8.83. The van der Waals surface area contributed by atoms with Gasteiger partial charge < -0.3 is 14.0 Å². The van der Waals surface area contributed by atoms with Crippen molar-refractivity contribution in [3.63, 3.8) is 0 Å². The molecule has 116 valence electrons. The molecule has 0 amide bonds. The van der Waals surface area contributed by atoms with Crippen LogP contribution in [-0.2, 0) is 20.6 Å². The van der Waals surface area contributed by atoms with Crippen LogP contribution in [0.25, 0.3) is 0 Å². The fourth-order valence-electron chi connectivity index (χ4n) is 2.56. The highest BCUT2D eigenvalue weighted by Crippen LogP contribution is 2.36. The van der Waals surface area contributed by atoms with Crippen LogP contribution in [0.15, 0.2) is 12.4 Å². The van der Waals surface area contributed by atoms with Gasteiger partial charge in [-0.2, -0.15) is 5.10 Å². The Morgan fingerprint density at radius 2 is 1.95 bits per heavy atom. The summed E-state index contributed by atoms with van der Waals surface area (Å²) in [6, 6.07) is 0. The molecule has 1 aromatic rings. The molecule has 2 aliphatic rings. The third kappa shape index (κ3) is 2.74. The molecule has 0 aliphatic carbocycles. The SMILES string of the molecule is CC1(C)OB(c2cnn(CC3(F)CCOC3)c2)OC1(C)C. The molecule has 1 atom stereocenters. The summed E-state index contributed by atoms with van der Waals surface area (Å²) < 4.78 is 33.0. The number of halogens is 1. The first-order chi connectivity index (χ1) is 9.71. The molecule has 21 heavy (non-hydrogen) atoms. The molecule has 5 nitrogen and oxygen atoms in total. The molecule has 2 aliphatic heterocycles. The zero-order chi connectivity index (χ0) is 15.3. The maximum Gasteiger partial charge on any atom is 0.498 e. The maximum absolute atomic E-state index is 14.4. The Hall–Kier alpha value is -0.915. The van der Waals surface area contributed by atoms with Crippen LogP contribution in [0.3, 0.4) is 0 Å². The van der Waals surface area contributed by atoms with E-state index in [1.807, 2.05) is 27.7 Å². The molecule has 7 heteroatoms. The van der Waals surface area contributed by atoms with Crippen molar-refractivity contribution in [3.8, 4) is 0 Å². The van der Waals surface area contributed by atoms with Gasteiger partial charge in [0.2, 0.25) is 0 Å². The quantitative estimate of drug-likeness (QED) is 0.789. The van der Waals surface area contributed by atoms with Gasteiger partial charge in [-0.15, -0.1) is 0 Å². The Bertz CT molecular complexity index is 510. The van der Waals surface area contributed by atoms with E-state index in [9.17, 15) is 4.39 Å². The van der Waals surface area contributed by atoms with E-state index in [0.29, 0.717) is 13.0 Å². The first-order valence-corrected chi connectivity index (χ1v) is 7.36. The van der Waals surface area contributed by atoms with Crippen LogP contribution >= 0.6 is 0 Å². The van der Waals surface area contributed by atoms with Crippen molar-refractivity contribution in [1.29, 1.82) is 0 Å². The topological polar surface area (TPSA) is 45.5 Å². The van der Waals surface area contributed by atoms with Crippen molar-refractivity contribution in [2.75, 3.05) is 13.2 Å². The smallest absolute Gasteiger partial charge is 0.399 e. The number of nitrogens with zero attached hydrogens (tertiary/aromatic N) is 2. The van der Waals surface area contributed by atoms with E-state index >= 15 is 0 Å². The molecule has 0 aromatic carbocycles. The van der Waals surface area contributed by atoms with Gasteiger partial charge in [-0.1, -0.05) is 0 Å². The molecule has 3 heterocycles. The zero-order valence-electron chi connectivity index (χ0n) is 13.1. The van der Waals surface area contributed by atoms with E-state index in [4.69, 9.17) is 14.0 Å². The number of rotatable bonds is 3. The summed E-state index contributed by atoms with van der Waals surface area (Å²) in [5.41, 5.74) is -1.28. The minimum atomic E-state index is -1.32. The molecule has 0 radical (unpaired) electrons. The van der Waals surface area contributed by atoms with Crippen LogP contribution in [0.2, 0.25) is 0 Å². The highest BCUT2D eigenvalue weighted by Gasteiger charge is 2.52. The monoisotopic (exact) mass is 296 g/mol. The maximum atomic E-state index is 14.4. The fraction of sp³-hybridized carbons (Fsp3) is 0.786. The van der Waals surface area contributed by atoms with Crippen molar-refractivity contribution < 1.29 is 18.4 Å². The van der Waals surface area contributed by atoms with Crippen molar-refractivity contribution in [1.82, 2.24) is 9.78 Å². The predicted octanol–water partition coefficient (Wildman–Crippen LogP) is 1.31. The van der Waals surface area contributed by atoms with Gasteiger partial charge in [-0.25, -0.2) is 4.39 Å². The lowest BCUT2D eigenvalue weighted by atomic mass is 9.82. The van der Waals surface area contributed by atoms with E-state index < -0.39 is 12.8 Å². The van der Waals surface area contributed by atoms with Crippen LogP contribution in [-0.4, -0.2) is 47.0 Å². The van der Waals surface area contributed by atoms with Crippen LogP contribution < -0.4 is 5.46 Å². The number of alkyl halides is 1. The third-order valence-corrected chi connectivity index (χ3v) is 4.68. The summed E-state index contributed by atoms with van der Waals surface area (Å²) in [4.78, 5) is 0. The number of aromatic nitrogens is 2. The zero-order valence-corrected chi connectivity index (χ0v) is 13.1. The number of hydrogen-bond donors (Lipinski definition) is 0. The van der Waals surface area contributed by atoms with E-state index in [0.717, 1.165) is 5.46 Å². The van der Waals surface area contributed by atoms with E-state index in [1.165, 1.54) is 0 Å².